The van der Waals surface area contributed by atoms with Crippen molar-refractivity contribution in [1.82, 2.24) is 4.98 Å². The van der Waals surface area contributed by atoms with Crippen LogP contribution < -0.4 is 8.92 Å². The summed E-state index contributed by atoms with van der Waals surface area (Å²) in [5.74, 6) is -0.0328. The third-order valence-corrected chi connectivity index (χ3v) is 3.98. The fourth-order valence-electron chi connectivity index (χ4n) is 2.11. The minimum atomic E-state index is -5.74. The molecule has 2 aromatic rings. The van der Waals surface area contributed by atoms with Gasteiger partial charge in [-0.3, -0.25) is 4.98 Å². The fourth-order valence-corrected chi connectivity index (χ4v) is 2.57. The van der Waals surface area contributed by atoms with E-state index >= 15 is 0 Å². The van der Waals surface area contributed by atoms with Crippen LogP contribution in [0.4, 0.5) is 13.2 Å². The van der Waals surface area contributed by atoms with E-state index in [0.717, 1.165) is 11.6 Å². The van der Waals surface area contributed by atoms with Crippen molar-refractivity contribution in [1.29, 1.82) is 0 Å². The van der Waals surface area contributed by atoms with E-state index in [-0.39, 0.29) is 5.52 Å². The van der Waals surface area contributed by atoms with Crippen LogP contribution in [0.3, 0.4) is 0 Å². The molecule has 1 aromatic heterocycles. The monoisotopic (exact) mass is 319 g/mol. The van der Waals surface area contributed by atoms with Crippen LogP contribution in [-0.2, 0) is 16.5 Å². The maximum atomic E-state index is 12.4. The Morgan fingerprint density at radius 1 is 1.24 bits per heavy atom. The number of hydrogen-bond donors (Lipinski definition) is 0. The zero-order valence-corrected chi connectivity index (χ0v) is 11.2. The van der Waals surface area contributed by atoms with Crippen LogP contribution in [0.15, 0.2) is 24.4 Å². The Morgan fingerprint density at radius 2 is 2.00 bits per heavy atom. The molecule has 0 atom stereocenters. The summed E-state index contributed by atoms with van der Waals surface area (Å²) in [6.45, 7) is 0.438. The van der Waals surface area contributed by atoms with E-state index in [2.05, 4.69) is 9.17 Å². The molecule has 3 rings (SSSR count). The second kappa shape index (κ2) is 4.48. The Hall–Kier alpha value is -2.03. The second-order valence-corrected chi connectivity index (χ2v) is 5.88. The lowest BCUT2D eigenvalue weighted by Crippen LogP contribution is -2.28. The third-order valence-electron chi connectivity index (χ3n) is 3.02. The van der Waals surface area contributed by atoms with Crippen molar-refractivity contribution in [2.24, 2.45) is 0 Å². The van der Waals surface area contributed by atoms with Crippen LogP contribution >= 0.6 is 0 Å². The first-order valence-corrected chi connectivity index (χ1v) is 7.24. The highest BCUT2D eigenvalue weighted by Gasteiger charge is 2.48. The summed E-state index contributed by atoms with van der Waals surface area (Å²) in [6.07, 6.45) is 1.95. The zero-order valence-electron chi connectivity index (χ0n) is 10.3. The molecule has 0 fully saturated rings. The van der Waals surface area contributed by atoms with E-state index in [1.807, 2.05) is 0 Å². The van der Waals surface area contributed by atoms with Gasteiger partial charge in [0.15, 0.2) is 5.75 Å². The average molecular weight is 319 g/mol. The smallest absolute Gasteiger partial charge is 0.493 e. The summed E-state index contributed by atoms with van der Waals surface area (Å²) in [6, 6.07) is 4.17. The molecule has 5 nitrogen and oxygen atoms in total. The van der Waals surface area contributed by atoms with Gasteiger partial charge in [-0.05, 0) is 23.8 Å². The number of aromatic nitrogens is 1. The van der Waals surface area contributed by atoms with Crippen molar-refractivity contribution in [3.63, 3.8) is 0 Å². The SMILES string of the molecule is O=S(=O)(Oc1ccc2c3c(ccnc13)CCO2)C(F)(F)F. The largest absolute Gasteiger partial charge is 0.534 e. The normalized spacial score (nSPS) is 14.8. The van der Waals surface area contributed by atoms with Gasteiger partial charge in [0.1, 0.15) is 11.3 Å². The Balaban J connectivity index is 2.17. The van der Waals surface area contributed by atoms with E-state index in [1.165, 1.54) is 12.3 Å². The molecule has 0 radical (unpaired) electrons. The van der Waals surface area contributed by atoms with Gasteiger partial charge in [-0.25, -0.2) is 0 Å². The minimum Gasteiger partial charge on any atom is -0.493 e. The first-order valence-electron chi connectivity index (χ1n) is 5.84. The summed E-state index contributed by atoms with van der Waals surface area (Å²) in [4.78, 5) is 3.91. The Labute approximate surface area is 117 Å². The fraction of sp³-hybridized carbons (Fsp3) is 0.250. The first kappa shape index (κ1) is 13.9. The molecule has 0 bridgehead atoms. The molecule has 9 heteroatoms. The van der Waals surface area contributed by atoms with E-state index in [9.17, 15) is 21.6 Å². The van der Waals surface area contributed by atoms with Crippen molar-refractivity contribution < 1.29 is 30.5 Å². The highest BCUT2D eigenvalue weighted by molar-refractivity contribution is 7.88. The molecule has 0 amide bonds. The van der Waals surface area contributed by atoms with Crippen molar-refractivity contribution >= 4 is 21.0 Å². The predicted octanol–water partition coefficient (Wildman–Crippen LogP) is 2.40. The maximum Gasteiger partial charge on any atom is 0.534 e. The van der Waals surface area contributed by atoms with Gasteiger partial charge in [0.05, 0.1) is 6.61 Å². The number of rotatable bonds is 2. The molecular formula is C12H8F3NO4S. The van der Waals surface area contributed by atoms with E-state index in [1.54, 1.807) is 6.07 Å². The van der Waals surface area contributed by atoms with Gasteiger partial charge in [0.2, 0.25) is 0 Å². The van der Waals surface area contributed by atoms with E-state index in [4.69, 9.17) is 4.74 Å². The van der Waals surface area contributed by atoms with Crippen molar-refractivity contribution in [3.8, 4) is 11.5 Å². The molecule has 0 aliphatic carbocycles. The quantitative estimate of drug-likeness (QED) is 0.628. The molecule has 0 N–H and O–H groups in total. The van der Waals surface area contributed by atoms with Crippen LogP contribution in [-0.4, -0.2) is 25.5 Å². The molecule has 1 aliphatic heterocycles. The lowest BCUT2D eigenvalue weighted by atomic mass is 10.0. The van der Waals surface area contributed by atoms with Crippen LogP contribution in [0, 0.1) is 0 Å². The van der Waals surface area contributed by atoms with Crippen LogP contribution in [0.1, 0.15) is 5.56 Å². The van der Waals surface area contributed by atoms with Gasteiger partial charge in [0.25, 0.3) is 0 Å². The molecule has 21 heavy (non-hydrogen) atoms. The number of nitrogens with zero attached hydrogens (tertiary/aromatic N) is 1. The highest BCUT2D eigenvalue weighted by atomic mass is 32.2. The summed E-state index contributed by atoms with van der Waals surface area (Å²) >= 11 is 0. The lowest BCUT2D eigenvalue weighted by molar-refractivity contribution is -0.0499. The molecule has 1 aliphatic rings. The van der Waals surface area contributed by atoms with Crippen LogP contribution in [0.5, 0.6) is 11.5 Å². The lowest BCUT2D eigenvalue weighted by Gasteiger charge is -2.19. The van der Waals surface area contributed by atoms with Crippen molar-refractivity contribution in [3.05, 3.63) is 30.0 Å². The maximum absolute atomic E-state index is 12.4. The summed E-state index contributed by atoms with van der Waals surface area (Å²) < 4.78 is 69.0. The third kappa shape index (κ3) is 2.27. The number of ether oxygens (including phenoxy) is 1. The number of alkyl halides is 3. The second-order valence-electron chi connectivity index (χ2n) is 4.34. The van der Waals surface area contributed by atoms with Gasteiger partial charge < -0.3 is 8.92 Å². The molecule has 112 valence electrons. The molecule has 0 saturated carbocycles. The Kier molecular flexibility index (Phi) is 2.97. The molecule has 0 spiro atoms. The standard InChI is InChI=1S/C12H8F3NO4S/c13-12(14,15)21(17,18)20-9-2-1-8-10-7(4-6-19-8)3-5-16-11(9)10/h1-3,5H,4,6H2. The molecular weight excluding hydrogens is 311 g/mol. The summed E-state index contributed by atoms with van der Waals surface area (Å²) in [7, 11) is -5.74. The van der Waals surface area contributed by atoms with E-state index in [0.29, 0.717) is 24.2 Å². The minimum absolute atomic E-state index is 0.0255. The van der Waals surface area contributed by atoms with Gasteiger partial charge in [-0.1, -0.05) is 0 Å². The van der Waals surface area contributed by atoms with Crippen molar-refractivity contribution in [2.75, 3.05) is 6.61 Å². The molecule has 0 unspecified atom stereocenters. The van der Waals surface area contributed by atoms with E-state index < -0.39 is 21.4 Å². The number of pyridine rings is 1. The highest BCUT2D eigenvalue weighted by Crippen LogP contribution is 2.38. The molecule has 2 heterocycles. The Morgan fingerprint density at radius 3 is 2.71 bits per heavy atom. The Bertz CT molecular complexity index is 807. The van der Waals surface area contributed by atoms with Crippen molar-refractivity contribution in [2.45, 2.75) is 11.9 Å². The van der Waals surface area contributed by atoms with Gasteiger partial charge in [-0.15, -0.1) is 0 Å². The molecule has 0 saturated heterocycles. The number of halogens is 3. The zero-order chi connectivity index (χ0) is 15.3. The predicted molar refractivity (Wildman–Crippen MR) is 66.5 cm³/mol. The summed E-state index contributed by atoms with van der Waals surface area (Å²) in [5.41, 5.74) is -4.66. The topological polar surface area (TPSA) is 65.5 Å². The summed E-state index contributed by atoms with van der Waals surface area (Å²) in [5, 5.41) is 0.471. The molecule has 1 aromatic carbocycles. The van der Waals surface area contributed by atoms with Crippen LogP contribution in [0.2, 0.25) is 0 Å². The average Bonchev–Trinajstić information content (AvgIpc) is 2.41. The van der Waals surface area contributed by atoms with Gasteiger partial charge >= 0.3 is 15.6 Å². The van der Waals surface area contributed by atoms with Gasteiger partial charge in [0, 0.05) is 18.0 Å². The van der Waals surface area contributed by atoms with Crippen LogP contribution in [0.25, 0.3) is 10.9 Å². The number of benzene rings is 1. The first-order chi connectivity index (χ1) is 9.79. The van der Waals surface area contributed by atoms with Gasteiger partial charge in [-0.2, -0.15) is 21.6 Å². The number of hydrogen-bond acceptors (Lipinski definition) is 5.